The summed E-state index contributed by atoms with van der Waals surface area (Å²) in [6.45, 7) is 5.27. The van der Waals surface area contributed by atoms with E-state index in [0.29, 0.717) is 6.54 Å². The van der Waals surface area contributed by atoms with E-state index >= 15 is 0 Å². The van der Waals surface area contributed by atoms with E-state index in [9.17, 15) is 0 Å². The Hall–Kier alpha value is -1.07. The molecule has 2 aromatic rings. The van der Waals surface area contributed by atoms with Crippen LogP contribution in [0.5, 0.6) is 0 Å². The normalized spacial score (nSPS) is 20.8. The molecule has 0 bridgehead atoms. The van der Waals surface area contributed by atoms with E-state index in [0.717, 1.165) is 30.4 Å². The van der Waals surface area contributed by atoms with Gasteiger partial charge in [0.1, 0.15) is 0 Å². The van der Waals surface area contributed by atoms with Crippen LogP contribution in [0, 0.1) is 5.92 Å². The van der Waals surface area contributed by atoms with Gasteiger partial charge in [-0.05, 0) is 25.3 Å². The van der Waals surface area contributed by atoms with Crippen LogP contribution in [0.1, 0.15) is 25.5 Å². The van der Waals surface area contributed by atoms with E-state index in [1.807, 2.05) is 0 Å². The lowest BCUT2D eigenvalue weighted by molar-refractivity contribution is 0.444. The smallest absolute Gasteiger partial charge is 0.195 e. The molecular weight excluding hydrogens is 244 g/mol. The number of anilines is 1. The second-order valence-electron chi connectivity index (χ2n) is 5.17. The van der Waals surface area contributed by atoms with Crippen molar-refractivity contribution in [3.63, 3.8) is 0 Å². The molecule has 1 atom stereocenters. The molecule has 0 saturated carbocycles. The van der Waals surface area contributed by atoms with Crippen LogP contribution in [0.3, 0.4) is 0 Å². The highest BCUT2D eigenvalue weighted by atomic mass is 32.1. The maximum absolute atomic E-state index is 5.75. The molecule has 3 rings (SSSR count). The monoisotopic (exact) mass is 264 g/mol. The zero-order valence-electron chi connectivity index (χ0n) is 10.8. The van der Waals surface area contributed by atoms with Crippen molar-refractivity contribution >= 4 is 22.1 Å². The summed E-state index contributed by atoms with van der Waals surface area (Å²) in [7, 11) is 0. The molecule has 18 heavy (non-hydrogen) atoms. The van der Waals surface area contributed by atoms with Gasteiger partial charge in [0.25, 0.3) is 0 Å². The molecule has 0 aliphatic carbocycles. The zero-order chi connectivity index (χ0) is 12.5. The third kappa shape index (κ3) is 2.01. The Bertz CT molecular complexity index is 530. The number of imidazole rings is 1. The first-order valence-electron chi connectivity index (χ1n) is 6.69. The Labute approximate surface area is 111 Å². The lowest BCUT2D eigenvalue weighted by Gasteiger charge is -2.31. The average Bonchev–Trinajstić information content (AvgIpc) is 2.92. The minimum atomic E-state index is 0.681. The van der Waals surface area contributed by atoms with Crippen LogP contribution < -0.4 is 10.6 Å². The number of rotatable bonds is 3. The topological polar surface area (TPSA) is 46.6 Å². The molecule has 0 aromatic carbocycles. The summed E-state index contributed by atoms with van der Waals surface area (Å²) < 4.78 is 2.20. The number of nitrogens with zero attached hydrogens (tertiary/aromatic N) is 3. The Morgan fingerprint density at radius 2 is 2.44 bits per heavy atom. The predicted octanol–water partition coefficient (Wildman–Crippen LogP) is 2.13. The number of hydrogen-bond acceptors (Lipinski definition) is 4. The summed E-state index contributed by atoms with van der Waals surface area (Å²) in [5.74, 6) is 1.93. The van der Waals surface area contributed by atoms with Gasteiger partial charge in [0.2, 0.25) is 0 Å². The van der Waals surface area contributed by atoms with Gasteiger partial charge in [-0.15, -0.1) is 11.3 Å². The number of aromatic nitrogens is 2. The summed E-state index contributed by atoms with van der Waals surface area (Å²) in [5.41, 5.74) is 7.03. The maximum atomic E-state index is 5.75. The van der Waals surface area contributed by atoms with E-state index in [2.05, 4.69) is 27.8 Å². The van der Waals surface area contributed by atoms with Gasteiger partial charge in [-0.1, -0.05) is 6.92 Å². The van der Waals surface area contributed by atoms with Crippen molar-refractivity contribution in [1.82, 2.24) is 9.38 Å². The minimum Gasteiger partial charge on any atom is -0.355 e. The summed E-state index contributed by atoms with van der Waals surface area (Å²) in [4.78, 5) is 8.33. The summed E-state index contributed by atoms with van der Waals surface area (Å²) in [6, 6.07) is 0. The van der Waals surface area contributed by atoms with Crippen LogP contribution in [-0.4, -0.2) is 29.0 Å². The highest BCUT2D eigenvalue weighted by molar-refractivity contribution is 7.15. The quantitative estimate of drug-likeness (QED) is 0.924. The maximum Gasteiger partial charge on any atom is 0.195 e. The van der Waals surface area contributed by atoms with Crippen molar-refractivity contribution in [3.05, 3.63) is 17.3 Å². The Balaban J connectivity index is 1.98. The molecule has 0 spiro atoms. The number of fused-ring (bicyclic) bond motifs is 1. The first-order chi connectivity index (χ1) is 8.79. The Kier molecular flexibility index (Phi) is 3.26. The van der Waals surface area contributed by atoms with E-state index in [-0.39, 0.29) is 0 Å². The highest BCUT2D eigenvalue weighted by Crippen LogP contribution is 2.28. The summed E-state index contributed by atoms with van der Waals surface area (Å²) >= 11 is 1.70. The molecule has 1 unspecified atom stereocenters. The lowest BCUT2D eigenvalue weighted by atomic mass is 10.0. The molecule has 5 heteroatoms. The molecule has 1 aliphatic rings. The van der Waals surface area contributed by atoms with E-state index < -0.39 is 0 Å². The Morgan fingerprint density at radius 1 is 1.56 bits per heavy atom. The van der Waals surface area contributed by atoms with Crippen LogP contribution >= 0.6 is 11.3 Å². The van der Waals surface area contributed by atoms with Gasteiger partial charge in [-0.25, -0.2) is 4.98 Å². The van der Waals surface area contributed by atoms with Crippen molar-refractivity contribution in [2.75, 3.05) is 24.5 Å². The van der Waals surface area contributed by atoms with Crippen LogP contribution in [0.15, 0.2) is 11.6 Å². The van der Waals surface area contributed by atoms with Crippen molar-refractivity contribution in [1.29, 1.82) is 0 Å². The molecule has 1 saturated heterocycles. The molecule has 4 nitrogen and oxygen atoms in total. The molecule has 1 fully saturated rings. The first-order valence-corrected chi connectivity index (χ1v) is 7.57. The van der Waals surface area contributed by atoms with Crippen molar-refractivity contribution < 1.29 is 0 Å². The standard InChI is InChI=1S/C13H20N4S/c1-10-3-2-6-16(9-10)12-11(4-5-14)17-7-8-18-13(17)15-12/h7-8,10H,2-6,9,14H2,1H3. The second kappa shape index (κ2) is 4.90. The molecule has 1 aliphatic heterocycles. The molecule has 3 heterocycles. The van der Waals surface area contributed by atoms with Gasteiger partial charge < -0.3 is 10.6 Å². The number of piperidine rings is 1. The predicted molar refractivity (Wildman–Crippen MR) is 76.4 cm³/mol. The largest absolute Gasteiger partial charge is 0.355 e. The third-order valence-electron chi connectivity index (χ3n) is 3.68. The molecule has 2 N–H and O–H groups in total. The van der Waals surface area contributed by atoms with E-state index in [4.69, 9.17) is 10.7 Å². The molecular formula is C13H20N4S. The van der Waals surface area contributed by atoms with Gasteiger partial charge in [0.05, 0.1) is 5.69 Å². The lowest BCUT2D eigenvalue weighted by Crippen LogP contribution is -2.35. The van der Waals surface area contributed by atoms with Crippen molar-refractivity contribution in [2.24, 2.45) is 11.7 Å². The molecule has 98 valence electrons. The molecule has 0 radical (unpaired) electrons. The second-order valence-corrected chi connectivity index (χ2v) is 6.04. The van der Waals surface area contributed by atoms with Crippen LogP contribution in [0.25, 0.3) is 4.96 Å². The number of thiazole rings is 1. The third-order valence-corrected chi connectivity index (χ3v) is 4.43. The van der Waals surface area contributed by atoms with Crippen molar-refractivity contribution in [3.8, 4) is 0 Å². The van der Waals surface area contributed by atoms with E-state index in [1.54, 1.807) is 11.3 Å². The van der Waals surface area contributed by atoms with Gasteiger partial charge >= 0.3 is 0 Å². The molecule has 2 aromatic heterocycles. The zero-order valence-corrected chi connectivity index (χ0v) is 11.6. The summed E-state index contributed by atoms with van der Waals surface area (Å²) in [6.07, 6.45) is 5.62. The number of hydrogen-bond donors (Lipinski definition) is 1. The van der Waals surface area contributed by atoms with Gasteiger partial charge in [0.15, 0.2) is 10.8 Å². The highest BCUT2D eigenvalue weighted by Gasteiger charge is 2.22. The SMILES string of the molecule is CC1CCCN(c2nc3sccn3c2CCN)C1. The Morgan fingerprint density at radius 3 is 3.22 bits per heavy atom. The first kappa shape index (κ1) is 12.0. The van der Waals surface area contributed by atoms with Crippen molar-refractivity contribution in [2.45, 2.75) is 26.2 Å². The minimum absolute atomic E-state index is 0.681. The van der Waals surface area contributed by atoms with Crippen LogP contribution in [-0.2, 0) is 6.42 Å². The fourth-order valence-corrected chi connectivity index (χ4v) is 3.55. The fraction of sp³-hybridized carbons (Fsp3) is 0.615. The van der Waals surface area contributed by atoms with Gasteiger partial charge in [-0.3, -0.25) is 4.40 Å². The summed E-state index contributed by atoms with van der Waals surface area (Å²) in [5, 5.41) is 2.09. The van der Waals surface area contributed by atoms with Gasteiger partial charge in [0, 0.05) is 31.1 Å². The molecule has 0 amide bonds. The average molecular weight is 264 g/mol. The van der Waals surface area contributed by atoms with E-state index in [1.165, 1.54) is 24.4 Å². The van der Waals surface area contributed by atoms with Crippen LogP contribution in [0.2, 0.25) is 0 Å². The van der Waals surface area contributed by atoms with Crippen LogP contribution in [0.4, 0.5) is 5.82 Å². The number of nitrogens with two attached hydrogens (primary N) is 1. The van der Waals surface area contributed by atoms with Gasteiger partial charge in [-0.2, -0.15) is 0 Å². The fourth-order valence-electron chi connectivity index (χ4n) is 2.83.